The molecule has 0 aromatic carbocycles. The maximum atomic E-state index is 12.2. The van der Waals surface area contributed by atoms with Gasteiger partial charge in [-0.25, -0.2) is 4.79 Å². The van der Waals surface area contributed by atoms with E-state index in [1.54, 1.807) is 33.8 Å². The Labute approximate surface area is 137 Å². The van der Waals surface area contributed by atoms with Gasteiger partial charge in [0.15, 0.2) is 0 Å². The zero-order valence-electron chi connectivity index (χ0n) is 14.4. The van der Waals surface area contributed by atoms with Crippen LogP contribution in [0.2, 0.25) is 0 Å². The van der Waals surface area contributed by atoms with Gasteiger partial charge in [-0.15, -0.1) is 0 Å². The van der Waals surface area contributed by atoms with Crippen LogP contribution in [0.3, 0.4) is 0 Å². The minimum Gasteiger partial charge on any atom is -0.469 e. The lowest BCUT2D eigenvalue weighted by Crippen LogP contribution is -2.46. The van der Waals surface area contributed by atoms with E-state index in [2.05, 4.69) is 23.2 Å². The van der Waals surface area contributed by atoms with Crippen molar-refractivity contribution in [3.05, 3.63) is 36.5 Å². The molecule has 0 saturated carbocycles. The summed E-state index contributed by atoms with van der Waals surface area (Å²) in [5, 5.41) is 2.45. The molecule has 0 aromatic rings. The van der Waals surface area contributed by atoms with Crippen LogP contribution in [0.5, 0.6) is 0 Å². The fourth-order valence-corrected chi connectivity index (χ4v) is 1.61. The Kier molecular flexibility index (Phi) is 8.00. The van der Waals surface area contributed by atoms with E-state index >= 15 is 0 Å². The van der Waals surface area contributed by atoms with Crippen molar-refractivity contribution < 1.29 is 23.9 Å². The van der Waals surface area contributed by atoms with Crippen LogP contribution in [0.15, 0.2) is 36.5 Å². The van der Waals surface area contributed by atoms with E-state index in [9.17, 15) is 14.4 Å². The van der Waals surface area contributed by atoms with Gasteiger partial charge in [0.25, 0.3) is 5.91 Å². The molecule has 0 fully saturated rings. The van der Waals surface area contributed by atoms with Gasteiger partial charge in [0, 0.05) is 5.57 Å². The molecule has 1 N–H and O–H groups in total. The van der Waals surface area contributed by atoms with E-state index in [-0.39, 0.29) is 12.0 Å². The normalized spacial score (nSPS) is 12.8. The number of nitrogens with one attached hydrogen (secondary N) is 1. The number of ether oxygens (including phenoxy) is 2. The molecule has 0 unspecified atom stereocenters. The van der Waals surface area contributed by atoms with E-state index in [0.29, 0.717) is 5.57 Å². The molecule has 0 aliphatic heterocycles. The number of carbonyl (C=O) groups excluding carboxylic acids is 3. The number of carbonyl (C=O) groups is 3. The first-order valence-corrected chi connectivity index (χ1v) is 7.14. The van der Waals surface area contributed by atoms with Crippen LogP contribution in [-0.4, -0.2) is 36.6 Å². The monoisotopic (exact) mass is 323 g/mol. The summed E-state index contributed by atoms with van der Waals surface area (Å²) in [4.78, 5) is 35.8. The van der Waals surface area contributed by atoms with Crippen molar-refractivity contribution >= 4 is 17.8 Å². The van der Waals surface area contributed by atoms with Crippen molar-refractivity contribution in [3.8, 4) is 0 Å². The Hall–Kier alpha value is -2.37. The standard InChI is InChI=1S/C17H25NO5/c1-8-12(9-2)11(3)15(20)18-13(10-14(19)22-7)16(21)23-17(4,5)6/h8-9,13H,1,3,10H2,2,4-7H3,(H,18,20)/b12-9-/t13-/m0/s1. The van der Waals surface area contributed by atoms with Gasteiger partial charge in [-0.1, -0.05) is 25.3 Å². The Balaban J connectivity index is 5.19. The largest absolute Gasteiger partial charge is 0.469 e. The number of rotatable bonds is 7. The van der Waals surface area contributed by atoms with Gasteiger partial charge in [-0.2, -0.15) is 0 Å². The Morgan fingerprint density at radius 2 is 1.83 bits per heavy atom. The Bertz CT molecular complexity index is 526. The highest BCUT2D eigenvalue weighted by Gasteiger charge is 2.29. The van der Waals surface area contributed by atoms with Crippen LogP contribution in [0.1, 0.15) is 34.1 Å². The second-order valence-corrected chi connectivity index (χ2v) is 5.77. The van der Waals surface area contributed by atoms with Crippen molar-refractivity contribution in [1.82, 2.24) is 5.32 Å². The minimum absolute atomic E-state index is 0.140. The average Bonchev–Trinajstić information content (AvgIpc) is 2.45. The third kappa shape index (κ3) is 7.44. The first-order valence-electron chi connectivity index (χ1n) is 7.14. The van der Waals surface area contributed by atoms with Gasteiger partial charge in [0.05, 0.1) is 13.5 Å². The number of amides is 1. The lowest BCUT2D eigenvalue weighted by molar-refractivity contribution is -0.161. The Morgan fingerprint density at radius 3 is 2.22 bits per heavy atom. The molecule has 128 valence electrons. The van der Waals surface area contributed by atoms with Crippen molar-refractivity contribution in [2.75, 3.05) is 7.11 Å². The summed E-state index contributed by atoms with van der Waals surface area (Å²) in [6.45, 7) is 14.1. The average molecular weight is 323 g/mol. The van der Waals surface area contributed by atoms with Gasteiger partial charge in [-0.3, -0.25) is 9.59 Å². The first kappa shape index (κ1) is 20.6. The predicted molar refractivity (Wildman–Crippen MR) is 87.5 cm³/mol. The zero-order chi connectivity index (χ0) is 18.2. The quantitative estimate of drug-likeness (QED) is 0.440. The predicted octanol–water partition coefficient (Wildman–Crippen LogP) is 2.06. The number of esters is 2. The molecule has 1 atom stereocenters. The summed E-state index contributed by atoms with van der Waals surface area (Å²) < 4.78 is 9.76. The molecule has 0 aliphatic carbocycles. The second kappa shape index (κ2) is 8.92. The number of hydrogen-bond donors (Lipinski definition) is 1. The summed E-state index contributed by atoms with van der Waals surface area (Å²) in [5.74, 6) is -1.94. The molecule has 6 heteroatoms. The molecule has 0 rings (SSSR count). The second-order valence-electron chi connectivity index (χ2n) is 5.77. The fraction of sp³-hybridized carbons (Fsp3) is 0.471. The third-order valence-corrected chi connectivity index (χ3v) is 2.75. The van der Waals surface area contributed by atoms with Crippen LogP contribution in [0, 0.1) is 0 Å². The highest BCUT2D eigenvalue weighted by Crippen LogP contribution is 2.13. The molecule has 0 aromatic heterocycles. The third-order valence-electron chi connectivity index (χ3n) is 2.75. The maximum Gasteiger partial charge on any atom is 0.329 e. The van der Waals surface area contributed by atoms with Crippen LogP contribution in [0.25, 0.3) is 0 Å². The van der Waals surface area contributed by atoms with Crippen molar-refractivity contribution in [1.29, 1.82) is 0 Å². The number of hydrogen-bond acceptors (Lipinski definition) is 5. The first-order chi connectivity index (χ1) is 10.6. The molecule has 0 saturated heterocycles. The van der Waals surface area contributed by atoms with Gasteiger partial charge >= 0.3 is 11.9 Å². The molecule has 6 nitrogen and oxygen atoms in total. The van der Waals surface area contributed by atoms with Gasteiger partial charge in [0.1, 0.15) is 11.6 Å². The fourth-order valence-electron chi connectivity index (χ4n) is 1.61. The van der Waals surface area contributed by atoms with Gasteiger partial charge < -0.3 is 14.8 Å². The van der Waals surface area contributed by atoms with E-state index < -0.39 is 29.5 Å². The maximum absolute atomic E-state index is 12.2. The zero-order valence-corrected chi connectivity index (χ0v) is 14.4. The smallest absolute Gasteiger partial charge is 0.329 e. The molecule has 0 radical (unpaired) electrons. The topological polar surface area (TPSA) is 81.7 Å². The molecule has 0 aliphatic rings. The van der Waals surface area contributed by atoms with Crippen LogP contribution < -0.4 is 5.32 Å². The molecule has 1 amide bonds. The minimum atomic E-state index is -1.16. The van der Waals surface area contributed by atoms with Crippen LogP contribution >= 0.6 is 0 Å². The van der Waals surface area contributed by atoms with E-state index in [1.165, 1.54) is 13.2 Å². The number of allylic oxidation sites excluding steroid dienone is 2. The van der Waals surface area contributed by atoms with Crippen molar-refractivity contribution in [2.45, 2.75) is 45.8 Å². The van der Waals surface area contributed by atoms with E-state index in [4.69, 9.17) is 4.74 Å². The van der Waals surface area contributed by atoms with Crippen LogP contribution in [-0.2, 0) is 23.9 Å². The SMILES string of the molecule is C=C/C(=C/C)C(=C)C(=O)N[C@@H](CC(=O)OC)C(=O)OC(C)(C)C. The highest BCUT2D eigenvalue weighted by atomic mass is 16.6. The van der Waals surface area contributed by atoms with E-state index in [0.717, 1.165) is 0 Å². The highest BCUT2D eigenvalue weighted by molar-refractivity contribution is 6.00. The summed E-state index contributed by atoms with van der Waals surface area (Å²) in [5.41, 5.74) is -0.0765. The molecular formula is C17H25NO5. The molecule has 0 bridgehead atoms. The summed E-state index contributed by atoms with van der Waals surface area (Å²) in [6.07, 6.45) is 2.81. The van der Waals surface area contributed by atoms with E-state index in [1.807, 2.05) is 0 Å². The molecule has 0 heterocycles. The molecule has 23 heavy (non-hydrogen) atoms. The van der Waals surface area contributed by atoms with Crippen molar-refractivity contribution in [3.63, 3.8) is 0 Å². The Morgan fingerprint density at radius 1 is 1.26 bits per heavy atom. The van der Waals surface area contributed by atoms with Gasteiger partial charge in [0.2, 0.25) is 0 Å². The van der Waals surface area contributed by atoms with Crippen molar-refractivity contribution in [2.24, 2.45) is 0 Å². The van der Waals surface area contributed by atoms with Crippen LogP contribution in [0.4, 0.5) is 0 Å². The lowest BCUT2D eigenvalue weighted by atomic mass is 10.1. The number of methoxy groups -OCH3 is 1. The molecule has 0 spiro atoms. The van der Waals surface area contributed by atoms with Gasteiger partial charge in [-0.05, 0) is 33.3 Å². The summed E-state index contributed by atoms with van der Waals surface area (Å²) >= 11 is 0. The summed E-state index contributed by atoms with van der Waals surface area (Å²) in [6, 6.07) is -1.16. The lowest BCUT2D eigenvalue weighted by Gasteiger charge is -2.24. The summed E-state index contributed by atoms with van der Waals surface area (Å²) in [7, 11) is 1.20. The molecular weight excluding hydrogens is 298 g/mol.